The smallest absolute Gasteiger partial charge is 0.266 e. The summed E-state index contributed by atoms with van der Waals surface area (Å²) in [6.45, 7) is 5.79. The normalized spacial score (nSPS) is 15.7. The van der Waals surface area contributed by atoms with Crippen LogP contribution in [0.15, 0.2) is 12.1 Å². The summed E-state index contributed by atoms with van der Waals surface area (Å²) in [6.07, 6.45) is 8.94. The number of unbranched alkanes of at least 4 members (excludes halogenated alkanes) is 6. The summed E-state index contributed by atoms with van der Waals surface area (Å²) in [4.78, 5) is 29.2. The standard InChI is InChI=1S/C22H28Br2N2O2/c1-3-5-7-9-11-25-17-13-16-18(14-15(17)19(23)21(25)27)26(22(28)20(16)24)12-10-8-6-4-2/h13-14H,3-12H2,1-2H3. The summed E-state index contributed by atoms with van der Waals surface area (Å²) in [5, 5.41) is 1.79. The quantitative estimate of drug-likeness (QED) is 0.432. The summed E-state index contributed by atoms with van der Waals surface area (Å²) >= 11 is 7.00. The van der Waals surface area contributed by atoms with Crippen LogP contribution in [0.1, 0.15) is 65.2 Å². The predicted octanol–water partition coefficient (Wildman–Crippen LogP) is 4.55. The molecular weight excluding hydrogens is 484 g/mol. The third kappa shape index (κ3) is 4.09. The Hall–Kier alpha value is -1.14. The third-order valence-corrected chi connectivity index (χ3v) is 7.04. The van der Waals surface area contributed by atoms with E-state index in [1.165, 1.54) is 25.7 Å². The number of amides is 2. The van der Waals surface area contributed by atoms with Gasteiger partial charge < -0.3 is 9.80 Å². The van der Waals surface area contributed by atoms with Gasteiger partial charge in [-0.3, -0.25) is 9.59 Å². The molecule has 1 aromatic rings. The van der Waals surface area contributed by atoms with Crippen molar-refractivity contribution < 1.29 is 9.59 Å². The molecule has 0 aromatic heterocycles. The Balaban J connectivity index is 1.90. The zero-order chi connectivity index (χ0) is 20.3. The molecule has 0 spiro atoms. The molecule has 3 rings (SSSR count). The summed E-state index contributed by atoms with van der Waals surface area (Å²) in [6, 6.07) is 4.01. The summed E-state index contributed by atoms with van der Waals surface area (Å²) in [7, 11) is 0. The van der Waals surface area contributed by atoms with Gasteiger partial charge in [-0.2, -0.15) is 0 Å². The van der Waals surface area contributed by atoms with E-state index < -0.39 is 0 Å². The Morgan fingerprint density at radius 2 is 1.07 bits per heavy atom. The van der Waals surface area contributed by atoms with Crippen LogP contribution in [-0.2, 0) is 9.59 Å². The van der Waals surface area contributed by atoms with Gasteiger partial charge in [0.15, 0.2) is 0 Å². The molecule has 2 heterocycles. The number of carbonyl (C=O) groups excluding carboxylic acids is 2. The molecule has 0 aliphatic carbocycles. The van der Waals surface area contributed by atoms with Gasteiger partial charge in [0.05, 0.1) is 20.3 Å². The second kappa shape index (κ2) is 9.57. The molecule has 0 fully saturated rings. The Kier molecular flexibility index (Phi) is 7.37. The molecule has 28 heavy (non-hydrogen) atoms. The fraction of sp³-hybridized carbons (Fsp3) is 0.545. The molecular formula is C22H28Br2N2O2. The molecule has 2 amide bonds. The number of hydrogen-bond acceptors (Lipinski definition) is 2. The van der Waals surface area contributed by atoms with Crippen molar-refractivity contribution in [3.05, 3.63) is 22.6 Å². The maximum atomic E-state index is 12.8. The van der Waals surface area contributed by atoms with Gasteiger partial charge in [-0.1, -0.05) is 52.4 Å². The van der Waals surface area contributed by atoms with Gasteiger partial charge in [-0.25, -0.2) is 0 Å². The molecule has 0 atom stereocenters. The van der Waals surface area contributed by atoms with Crippen LogP contribution in [0.3, 0.4) is 0 Å². The van der Waals surface area contributed by atoms with E-state index in [0.29, 0.717) is 22.1 Å². The van der Waals surface area contributed by atoms with Gasteiger partial charge in [-0.15, -0.1) is 0 Å². The minimum atomic E-state index is 0.0205. The van der Waals surface area contributed by atoms with E-state index in [1.807, 2.05) is 21.9 Å². The SMILES string of the molecule is CCCCCCN1C(=O)C(Br)=c2cc3c(cc21)=C(Br)C(=O)N3CCCCCC. The second-order valence-corrected chi connectivity index (χ2v) is 9.14. The summed E-state index contributed by atoms with van der Waals surface area (Å²) in [5.74, 6) is 0.0410. The number of benzene rings is 1. The molecule has 0 bridgehead atoms. The first-order chi connectivity index (χ1) is 13.5. The van der Waals surface area contributed by atoms with Gasteiger partial charge in [0.1, 0.15) is 0 Å². The largest absolute Gasteiger partial charge is 0.307 e. The van der Waals surface area contributed by atoms with Crippen molar-refractivity contribution in [3.63, 3.8) is 0 Å². The average molecular weight is 512 g/mol. The van der Waals surface area contributed by atoms with Gasteiger partial charge in [0, 0.05) is 23.5 Å². The van der Waals surface area contributed by atoms with E-state index in [9.17, 15) is 9.59 Å². The number of hydrogen-bond donors (Lipinski definition) is 0. The lowest BCUT2D eigenvalue weighted by Crippen LogP contribution is -2.31. The number of halogens is 2. The Labute approximate surface area is 183 Å². The van der Waals surface area contributed by atoms with Crippen LogP contribution in [0.4, 0.5) is 11.4 Å². The van der Waals surface area contributed by atoms with Crippen molar-refractivity contribution in [1.29, 1.82) is 0 Å². The number of nitrogens with zero attached hydrogens (tertiary/aromatic N) is 2. The lowest BCUT2D eigenvalue weighted by molar-refractivity contribution is -0.113. The molecule has 0 radical (unpaired) electrons. The molecule has 0 saturated heterocycles. The van der Waals surface area contributed by atoms with Gasteiger partial charge in [0.2, 0.25) is 0 Å². The van der Waals surface area contributed by atoms with E-state index in [4.69, 9.17) is 0 Å². The van der Waals surface area contributed by atoms with E-state index in [-0.39, 0.29) is 11.8 Å². The van der Waals surface area contributed by atoms with Gasteiger partial charge in [0.25, 0.3) is 11.8 Å². The first-order valence-electron chi connectivity index (χ1n) is 10.4. The average Bonchev–Trinajstić information content (AvgIpc) is 3.07. The predicted molar refractivity (Wildman–Crippen MR) is 123 cm³/mol. The van der Waals surface area contributed by atoms with Crippen molar-refractivity contribution in [2.75, 3.05) is 22.9 Å². The topological polar surface area (TPSA) is 40.6 Å². The highest BCUT2D eigenvalue weighted by Crippen LogP contribution is 2.29. The van der Waals surface area contributed by atoms with Crippen LogP contribution in [0, 0.1) is 0 Å². The fourth-order valence-electron chi connectivity index (χ4n) is 3.90. The summed E-state index contributed by atoms with van der Waals surface area (Å²) < 4.78 is 1.20. The van der Waals surface area contributed by atoms with E-state index in [0.717, 1.165) is 47.5 Å². The molecule has 0 saturated carbocycles. The highest BCUT2D eigenvalue weighted by Gasteiger charge is 2.32. The first-order valence-corrected chi connectivity index (χ1v) is 12.0. The molecule has 0 N–H and O–H groups in total. The maximum Gasteiger partial charge on any atom is 0.266 e. The van der Waals surface area contributed by atoms with Crippen molar-refractivity contribution in [2.45, 2.75) is 65.2 Å². The monoisotopic (exact) mass is 510 g/mol. The number of fused-ring (bicyclic) bond motifs is 2. The molecule has 1 aromatic carbocycles. The lowest BCUT2D eigenvalue weighted by atomic mass is 10.1. The highest BCUT2D eigenvalue weighted by atomic mass is 79.9. The number of rotatable bonds is 10. The van der Waals surface area contributed by atoms with Crippen LogP contribution in [0.5, 0.6) is 0 Å². The Morgan fingerprint density at radius 1 is 0.679 bits per heavy atom. The molecule has 2 aliphatic heterocycles. The van der Waals surface area contributed by atoms with Crippen LogP contribution < -0.4 is 20.2 Å². The van der Waals surface area contributed by atoms with Gasteiger partial charge in [-0.05, 0) is 56.8 Å². The molecule has 4 nitrogen and oxygen atoms in total. The van der Waals surface area contributed by atoms with Crippen LogP contribution in [0.2, 0.25) is 0 Å². The molecule has 6 heteroatoms. The number of carbonyl (C=O) groups is 2. The minimum Gasteiger partial charge on any atom is -0.307 e. The van der Waals surface area contributed by atoms with E-state index in [2.05, 4.69) is 45.7 Å². The van der Waals surface area contributed by atoms with E-state index in [1.54, 1.807) is 0 Å². The van der Waals surface area contributed by atoms with Gasteiger partial charge >= 0.3 is 0 Å². The van der Waals surface area contributed by atoms with E-state index >= 15 is 0 Å². The minimum absolute atomic E-state index is 0.0205. The van der Waals surface area contributed by atoms with Crippen LogP contribution in [0.25, 0.3) is 8.96 Å². The van der Waals surface area contributed by atoms with Crippen molar-refractivity contribution in [1.82, 2.24) is 0 Å². The van der Waals surface area contributed by atoms with Crippen LogP contribution in [-0.4, -0.2) is 24.9 Å². The van der Waals surface area contributed by atoms with Crippen LogP contribution >= 0.6 is 31.9 Å². The van der Waals surface area contributed by atoms with Crippen molar-refractivity contribution in [3.8, 4) is 0 Å². The summed E-state index contributed by atoms with van der Waals surface area (Å²) in [5.41, 5.74) is 1.81. The number of anilines is 2. The zero-order valence-corrected chi connectivity index (χ0v) is 19.9. The van der Waals surface area contributed by atoms with Crippen molar-refractivity contribution >= 4 is 64.0 Å². The first kappa shape index (κ1) is 21.6. The zero-order valence-electron chi connectivity index (χ0n) is 16.7. The Bertz CT molecular complexity index is 821. The third-order valence-electron chi connectivity index (χ3n) is 5.50. The lowest BCUT2D eigenvalue weighted by Gasteiger charge is -2.20. The second-order valence-electron chi connectivity index (χ2n) is 7.55. The Morgan fingerprint density at radius 3 is 1.43 bits per heavy atom. The molecule has 2 aliphatic rings. The molecule has 152 valence electrons. The maximum absolute atomic E-state index is 12.8. The van der Waals surface area contributed by atoms with Crippen molar-refractivity contribution in [2.24, 2.45) is 0 Å². The fourth-order valence-corrected chi connectivity index (χ4v) is 4.96. The molecule has 0 unspecified atom stereocenters. The highest BCUT2D eigenvalue weighted by molar-refractivity contribution is 9.15.